The van der Waals surface area contributed by atoms with Gasteiger partial charge in [-0.3, -0.25) is 4.98 Å². The number of rotatable bonds is 3. The Morgan fingerprint density at radius 2 is 2.06 bits per heavy atom. The smallest absolute Gasteiger partial charge is 0.248 e. The summed E-state index contributed by atoms with van der Waals surface area (Å²) in [5.41, 5.74) is 1.15. The van der Waals surface area contributed by atoms with Gasteiger partial charge in [0.2, 0.25) is 5.92 Å². The van der Waals surface area contributed by atoms with Gasteiger partial charge in [-0.1, -0.05) is 22.9 Å². The van der Waals surface area contributed by atoms with Gasteiger partial charge in [-0.2, -0.15) is 0 Å². The Kier molecular flexibility index (Phi) is 4.36. The minimum Gasteiger partial charge on any atom is -0.265 e. The molecule has 2 rings (SSSR count). The van der Waals surface area contributed by atoms with E-state index in [1.165, 1.54) is 0 Å². The first-order valence-electron chi connectivity index (χ1n) is 6.41. The van der Waals surface area contributed by atoms with Crippen molar-refractivity contribution < 1.29 is 8.78 Å². The molecule has 0 saturated heterocycles. The predicted octanol–water partition coefficient (Wildman–Crippen LogP) is 4.77. The van der Waals surface area contributed by atoms with Crippen molar-refractivity contribution in [2.24, 2.45) is 5.92 Å². The number of alkyl halides is 3. The van der Waals surface area contributed by atoms with Crippen molar-refractivity contribution in [3.8, 4) is 0 Å². The number of aromatic nitrogens is 1. The van der Waals surface area contributed by atoms with E-state index in [0.717, 1.165) is 12.0 Å². The first-order valence-corrected chi connectivity index (χ1v) is 7.33. The number of halogens is 3. The zero-order chi connectivity index (χ0) is 13.2. The third kappa shape index (κ3) is 3.28. The van der Waals surface area contributed by atoms with Crippen LogP contribution in [0.2, 0.25) is 0 Å². The van der Waals surface area contributed by atoms with Crippen LogP contribution in [0.15, 0.2) is 24.5 Å². The lowest BCUT2D eigenvalue weighted by Crippen LogP contribution is -2.32. The van der Waals surface area contributed by atoms with Crippen LogP contribution in [0.1, 0.15) is 44.1 Å². The molecule has 0 amide bonds. The van der Waals surface area contributed by atoms with Crippen LogP contribution in [0.3, 0.4) is 0 Å². The summed E-state index contributed by atoms with van der Waals surface area (Å²) >= 11 is 3.64. The fourth-order valence-corrected chi connectivity index (χ4v) is 3.50. The molecular formula is C14H18BrF2N. The van der Waals surface area contributed by atoms with Crippen LogP contribution in [0, 0.1) is 5.92 Å². The van der Waals surface area contributed by atoms with Crippen molar-refractivity contribution in [1.82, 2.24) is 4.98 Å². The highest BCUT2D eigenvalue weighted by atomic mass is 79.9. The zero-order valence-corrected chi connectivity index (χ0v) is 12.0. The van der Waals surface area contributed by atoms with Crippen molar-refractivity contribution >= 4 is 15.9 Å². The second-order valence-corrected chi connectivity index (χ2v) is 6.28. The topological polar surface area (TPSA) is 12.9 Å². The van der Waals surface area contributed by atoms with Gasteiger partial charge >= 0.3 is 0 Å². The molecule has 1 aromatic heterocycles. The molecule has 100 valence electrons. The van der Waals surface area contributed by atoms with Gasteiger partial charge in [-0.05, 0) is 42.4 Å². The summed E-state index contributed by atoms with van der Waals surface area (Å²) in [6.45, 7) is 2.08. The first-order chi connectivity index (χ1) is 8.49. The SMILES string of the molecule is CC(c1ccncc1)C(Br)C1CCCC(F)(F)C1. The zero-order valence-electron chi connectivity index (χ0n) is 10.5. The Hall–Kier alpha value is -0.510. The summed E-state index contributed by atoms with van der Waals surface area (Å²) < 4.78 is 26.9. The Labute approximate surface area is 115 Å². The summed E-state index contributed by atoms with van der Waals surface area (Å²) in [7, 11) is 0. The maximum atomic E-state index is 13.4. The molecule has 1 fully saturated rings. The Balaban J connectivity index is 2.05. The molecule has 4 heteroatoms. The predicted molar refractivity (Wildman–Crippen MR) is 72.3 cm³/mol. The molecule has 1 saturated carbocycles. The van der Waals surface area contributed by atoms with E-state index in [0.29, 0.717) is 6.42 Å². The number of hydrogen-bond donors (Lipinski definition) is 0. The lowest BCUT2D eigenvalue weighted by atomic mass is 9.79. The second-order valence-electron chi connectivity index (χ2n) is 5.23. The molecule has 1 heterocycles. The van der Waals surface area contributed by atoms with Crippen molar-refractivity contribution in [1.29, 1.82) is 0 Å². The third-order valence-corrected chi connectivity index (χ3v) is 5.38. The van der Waals surface area contributed by atoms with Crippen LogP contribution in [-0.4, -0.2) is 15.7 Å². The quantitative estimate of drug-likeness (QED) is 0.731. The summed E-state index contributed by atoms with van der Waals surface area (Å²) in [4.78, 5) is 4.09. The van der Waals surface area contributed by atoms with E-state index in [9.17, 15) is 8.78 Å². The van der Waals surface area contributed by atoms with Gasteiger partial charge in [0.25, 0.3) is 0 Å². The normalized spacial score (nSPS) is 26.6. The Morgan fingerprint density at radius 3 is 2.67 bits per heavy atom. The van der Waals surface area contributed by atoms with Crippen LogP contribution in [-0.2, 0) is 0 Å². The van der Waals surface area contributed by atoms with E-state index in [2.05, 4.69) is 27.8 Å². The maximum Gasteiger partial charge on any atom is 0.248 e. The monoisotopic (exact) mass is 317 g/mol. The van der Waals surface area contributed by atoms with Crippen LogP contribution < -0.4 is 0 Å². The molecule has 0 spiro atoms. The van der Waals surface area contributed by atoms with Crippen LogP contribution in [0.25, 0.3) is 0 Å². The molecule has 3 unspecified atom stereocenters. The average Bonchev–Trinajstić information content (AvgIpc) is 2.37. The fourth-order valence-electron chi connectivity index (χ4n) is 2.74. The van der Waals surface area contributed by atoms with Gasteiger partial charge in [-0.25, -0.2) is 8.78 Å². The minimum atomic E-state index is -2.48. The van der Waals surface area contributed by atoms with Crippen molar-refractivity contribution in [3.05, 3.63) is 30.1 Å². The van der Waals surface area contributed by atoms with E-state index >= 15 is 0 Å². The lowest BCUT2D eigenvalue weighted by molar-refractivity contribution is -0.0529. The number of hydrogen-bond acceptors (Lipinski definition) is 1. The van der Waals surface area contributed by atoms with Crippen molar-refractivity contribution in [2.75, 3.05) is 0 Å². The van der Waals surface area contributed by atoms with E-state index < -0.39 is 5.92 Å². The van der Waals surface area contributed by atoms with Crippen molar-refractivity contribution in [3.63, 3.8) is 0 Å². The Morgan fingerprint density at radius 1 is 1.39 bits per heavy atom. The largest absolute Gasteiger partial charge is 0.265 e. The van der Waals surface area contributed by atoms with Crippen LogP contribution in [0.5, 0.6) is 0 Å². The highest BCUT2D eigenvalue weighted by Crippen LogP contribution is 2.43. The summed E-state index contributed by atoms with van der Waals surface area (Å²) in [6.07, 6.45) is 5.08. The highest BCUT2D eigenvalue weighted by Gasteiger charge is 2.40. The molecule has 0 aliphatic heterocycles. The first kappa shape index (κ1) is 13.9. The van der Waals surface area contributed by atoms with Crippen LogP contribution >= 0.6 is 15.9 Å². The molecular weight excluding hydrogens is 300 g/mol. The van der Waals surface area contributed by atoms with E-state index in [4.69, 9.17) is 0 Å². The molecule has 0 radical (unpaired) electrons. The number of pyridine rings is 1. The molecule has 1 aliphatic carbocycles. The summed E-state index contributed by atoms with van der Waals surface area (Å²) in [5, 5.41) is 0. The van der Waals surface area contributed by atoms with Gasteiger partial charge in [-0.15, -0.1) is 0 Å². The van der Waals surface area contributed by atoms with E-state index in [1.54, 1.807) is 12.4 Å². The van der Waals surface area contributed by atoms with E-state index in [1.807, 2.05) is 12.1 Å². The third-order valence-electron chi connectivity index (χ3n) is 3.84. The molecule has 1 nitrogen and oxygen atoms in total. The molecule has 0 bridgehead atoms. The average molecular weight is 318 g/mol. The van der Waals surface area contributed by atoms with Crippen LogP contribution in [0.4, 0.5) is 8.78 Å². The molecule has 3 atom stereocenters. The lowest BCUT2D eigenvalue weighted by Gasteiger charge is -2.34. The second kappa shape index (κ2) is 5.64. The van der Waals surface area contributed by atoms with Gasteiger partial charge < -0.3 is 0 Å². The molecule has 1 aromatic rings. The van der Waals surface area contributed by atoms with Crippen molar-refractivity contribution in [2.45, 2.75) is 49.3 Å². The highest BCUT2D eigenvalue weighted by molar-refractivity contribution is 9.09. The van der Waals surface area contributed by atoms with Gasteiger partial charge in [0.05, 0.1) is 0 Å². The molecule has 1 aliphatic rings. The molecule has 0 N–H and O–H groups in total. The van der Waals surface area contributed by atoms with Gasteiger partial charge in [0, 0.05) is 30.1 Å². The van der Waals surface area contributed by atoms with E-state index in [-0.39, 0.29) is 29.5 Å². The van der Waals surface area contributed by atoms with Gasteiger partial charge in [0.1, 0.15) is 0 Å². The van der Waals surface area contributed by atoms with Gasteiger partial charge in [0.15, 0.2) is 0 Å². The summed E-state index contributed by atoms with van der Waals surface area (Å²) in [6, 6.07) is 3.92. The molecule has 0 aromatic carbocycles. The maximum absolute atomic E-state index is 13.4. The number of nitrogens with zero attached hydrogens (tertiary/aromatic N) is 1. The minimum absolute atomic E-state index is 0.0122. The fraction of sp³-hybridized carbons (Fsp3) is 0.643. The molecule has 18 heavy (non-hydrogen) atoms. The Bertz CT molecular complexity index is 383. The standard InChI is InChI=1S/C14H18BrF2N/c1-10(11-4-7-18-8-5-11)13(15)12-3-2-6-14(16,17)9-12/h4-5,7-8,10,12-13H,2-3,6,9H2,1H3. The summed E-state index contributed by atoms with van der Waals surface area (Å²) in [5.74, 6) is -2.20.